The Morgan fingerprint density at radius 2 is 1.88 bits per heavy atom. The van der Waals surface area contributed by atoms with Crippen LogP contribution in [-0.2, 0) is 0 Å². The van der Waals surface area contributed by atoms with Crippen LogP contribution in [0.4, 0.5) is 10.1 Å². The van der Waals surface area contributed by atoms with Gasteiger partial charge in [-0.25, -0.2) is 4.39 Å². The van der Waals surface area contributed by atoms with E-state index < -0.39 is 6.10 Å². The molecule has 0 amide bonds. The molecule has 0 aliphatic rings. The van der Waals surface area contributed by atoms with Crippen molar-refractivity contribution in [2.45, 2.75) is 6.10 Å². The van der Waals surface area contributed by atoms with Crippen molar-refractivity contribution < 1.29 is 9.50 Å². The van der Waals surface area contributed by atoms with Gasteiger partial charge in [0.25, 0.3) is 0 Å². The third kappa shape index (κ3) is 3.08. The van der Waals surface area contributed by atoms with Crippen LogP contribution in [0.15, 0.2) is 36.4 Å². The number of halogens is 2. The standard InChI is InChI=1S/C13H13ClFNO/c14-7-13(17)8-16-12-4-2-9-5-11(15)3-1-10(9)6-12/h1-6,13,16-17H,7-8H2. The number of rotatable bonds is 4. The molecular formula is C13H13ClFNO. The molecule has 0 radical (unpaired) electrons. The van der Waals surface area contributed by atoms with E-state index in [-0.39, 0.29) is 11.7 Å². The molecule has 0 saturated carbocycles. The van der Waals surface area contributed by atoms with E-state index in [9.17, 15) is 9.50 Å². The Morgan fingerprint density at radius 1 is 1.18 bits per heavy atom. The molecule has 0 spiro atoms. The van der Waals surface area contributed by atoms with Crippen molar-refractivity contribution in [2.24, 2.45) is 0 Å². The Kier molecular flexibility index (Phi) is 3.82. The number of nitrogens with one attached hydrogen (secondary N) is 1. The molecule has 2 nitrogen and oxygen atoms in total. The van der Waals surface area contributed by atoms with Crippen molar-refractivity contribution in [3.63, 3.8) is 0 Å². The van der Waals surface area contributed by atoms with Gasteiger partial charge in [-0.2, -0.15) is 0 Å². The molecule has 0 fully saturated rings. The molecule has 0 heterocycles. The summed E-state index contributed by atoms with van der Waals surface area (Å²) in [7, 11) is 0. The van der Waals surface area contributed by atoms with E-state index in [1.54, 1.807) is 6.07 Å². The first-order chi connectivity index (χ1) is 8.19. The number of hydrogen-bond acceptors (Lipinski definition) is 2. The lowest BCUT2D eigenvalue weighted by Gasteiger charge is -2.10. The Bertz CT molecular complexity index is 518. The lowest BCUT2D eigenvalue weighted by atomic mass is 10.1. The molecule has 90 valence electrons. The Hall–Kier alpha value is -1.32. The summed E-state index contributed by atoms with van der Waals surface area (Å²) in [6.07, 6.45) is -0.569. The van der Waals surface area contributed by atoms with Gasteiger partial charge in [0.05, 0.1) is 12.0 Å². The minimum Gasteiger partial charge on any atom is -0.390 e. The smallest absolute Gasteiger partial charge is 0.123 e. The van der Waals surface area contributed by atoms with Gasteiger partial charge in [0.1, 0.15) is 5.82 Å². The largest absolute Gasteiger partial charge is 0.390 e. The molecule has 2 aromatic rings. The summed E-state index contributed by atoms with van der Waals surface area (Å²) in [6.45, 7) is 0.399. The molecule has 2 N–H and O–H groups in total. The van der Waals surface area contributed by atoms with E-state index in [1.807, 2.05) is 18.2 Å². The minimum absolute atomic E-state index is 0.200. The number of hydrogen-bond donors (Lipinski definition) is 2. The molecule has 1 unspecified atom stereocenters. The number of anilines is 1. The fourth-order valence-electron chi connectivity index (χ4n) is 1.62. The van der Waals surface area contributed by atoms with Gasteiger partial charge in [0, 0.05) is 12.2 Å². The lowest BCUT2D eigenvalue weighted by Crippen LogP contribution is -2.20. The second kappa shape index (κ2) is 5.34. The number of aliphatic hydroxyl groups is 1. The van der Waals surface area contributed by atoms with Gasteiger partial charge in [-0.1, -0.05) is 12.1 Å². The molecule has 0 bridgehead atoms. The predicted octanol–water partition coefficient (Wildman–Crippen LogP) is 2.99. The summed E-state index contributed by atoms with van der Waals surface area (Å²) in [5, 5.41) is 14.2. The highest BCUT2D eigenvalue weighted by Gasteiger charge is 2.02. The predicted molar refractivity (Wildman–Crippen MR) is 69.1 cm³/mol. The van der Waals surface area contributed by atoms with Crippen LogP contribution >= 0.6 is 11.6 Å². The van der Waals surface area contributed by atoms with E-state index in [1.165, 1.54) is 12.1 Å². The zero-order valence-electron chi connectivity index (χ0n) is 9.16. The van der Waals surface area contributed by atoms with Gasteiger partial charge < -0.3 is 10.4 Å². The van der Waals surface area contributed by atoms with E-state index in [4.69, 9.17) is 11.6 Å². The molecule has 1 atom stereocenters. The van der Waals surface area contributed by atoms with Gasteiger partial charge in [-0.05, 0) is 35.0 Å². The molecule has 0 saturated heterocycles. The van der Waals surface area contributed by atoms with Crippen LogP contribution in [0.3, 0.4) is 0 Å². The molecule has 17 heavy (non-hydrogen) atoms. The Labute approximate surface area is 104 Å². The number of alkyl halides is 1. The third-order valence-corrected chi connectivity index (χ3v) is 2.88. The van der Waals surface area contributed by atoms with Crippen LogP contribution < -0.4 is 5.32 Å². The maximum Gasteiger partial charge on any atom is 0.123 e. The second-order valence-corrected chi connectivity index (χ2v) is 4.20. The van der Waals surface area contributed by atoms with E-state index >= 15 is 0 Å². The lowest BCUT2D eigenvalue weighted by molar-refractivity contribution is 0.211. The quantitative estimate of drug-likeness (QED) is 0.821. The minimum atomic E-state index is -0.569. The summed E-state index contributed by atoms with van der Waals surface area (Å²) in [4.78, 5) is 0. The summed E-state index contributed by atoms with van der Waals surface area (Å²) in [5.74, 6) is -0.0398. The first-order valence-corrected chi connectivity index (χ1v) is 5.90. The first-order valence-electron chi connectivity index (χ1n) is 5.36. The van der Waals surface area contributed by atoms with Crippen molar-refractivity contribution in [3.05, 3.63) is 42.2 Å². The molecule has 4 heteroatoms. The van der Waals surface area contributed by atoms with Crippen LogP contribution in [0.25, 0.3) is 10.8 Å². The highest BCUT2D eigenvalue weighted by Crippen LogP contribution is 2.20. The first kappa shape index (κ1) is 12.1. The van der Waals surface area contributed by atoms with Gasteiger partial charge in [0.2, 0.25) is 0 Å². The summed E-state index contributed by atoms with van der Waals surface area (Å²) >= 11 is 5.50. The average Bonchev–Trinajstić information content (AvgIpc) is 2.35. The summed E-state index contributed by atoms with van der Waals surface area (Å²) < 4.78 is 13.0. The number of aliphatic hydroxyl groups excluding tert-OH is 1. The highest BCUT2D eigenvalue weighted by atomic mass is 35.5. The Morgan fingerprint density at radius 3 is 2.65 bits per heavy atom. The van der Waals surface area contributed by atoms with Crippen molar-refractivity contribution in [1.82, 2.24) is 0 Å². The zero-order chi connectivity index (χ0) is 12.3. The fourth-order valence-corrected chi connectivity index (χ4v) is 1.73. The topological polar surface area (TPSA) is 32.3 Å². The molecule has 0 aromatic heterocycles. The van der Waals surface area contributed by atoms with E-state index in [0.717, 1.165) is 16.5 Å². The molecule has 0 aliphatic carbocycles. The van der Waals surface area contributed by atoms with Crippen LogP contribution in [0.2, 0.25) is 0 Å². The molecule has 0 aliphatic heterocycles. The third-order valence-electron chi connectivity index (χ3n) is 2.52. The van der Waals surface area contributed by atoms with Crippen molar-refractivity contribution >= 4 is 28.1 Å². The number of fused-ring (bicyclic) bond motifs is 1. The van der Waals surface area contributed by atoms with Gasteiger partial charge in [0.15, 0.2) is 0 Å². The van der Waals surface area contributed by atoms with Crippen LogP contribution in [0.5, 0.6) is 0 Å². The van der Waals surface area contributed by atoms with Crippen LogP contribution in [-0.4, -0.2) is 23.6 Å². The molecule has 2 rings (SSSR count). The Balaban J connectivity index is 2.17. The second-order valence-electron chi connectivity index (χ2n) is 3.90. The zero-order valence-corrected chi connectivity index (χ0v) is 9.91. The van der Waals surface area contributed by atoms with E-state index in [0.29, 0.717) is 6.54 Å². The fraction of sp³-hybridized carbons (Fsp3) is 0.231. The summed E-state index contributed by atoms with van der Waals surface area (Å²) in [5.41, 5.74) is 0.883. The maximum atomic E-state index is 13.0. The number of benzene rings is 2. The van der Waals surface area contributed by atoms with Crippen LogP contribution in [0, 0.1) is 5.82 Å². The average molecular weight is 254 g/mol. The summed E-state index contributed by atoms with van der Waals surface area (Å²) in [6, 6.07) is 10.3. The SMILES string of the molecule is OC(CCl)CNc1ccc2cc(F)ccc2c1. The normalized spacial score (nSPS) is 12.6. The van der Waals surface area contributed by atoms with Crippen molar-refractivity contribution in [3.8, 4) is 0 Å². The van der Waals surface area contributed by atoms with Crippen molar-refractivity contribution in [1.29, 1.82) is 0 Å². The highest BCUT2D eigenvalue weighted by molar-refractivity contribution is 6.18. The molecule has 2 aromatic carbocycles. The van der Waals surface area contributed by atoms with Gasteiger partial charge >= 0.3 is 0 Å². The van der Waals surface area contributed by atoms with Gasteiger partial charge in [-0.15, -0.1) is 11.6 Å². The van der Waals surface area contributed by atoms with Crippen molar-refractivity contribution in [2.75, 3.05) is 17.7 Å². The maximum absolute atomic E-state index is 13.0. The monoisotopic (exact) mass is 253 g/mol. The molecular weight excluding hydrogens is 241 g/mol. The van der Waals surface area contributed by atoms with Gasteiger partial charge in [-0.3, -0.25) is 0 Å². The van der Waals surface area contributed by atoms with E-state index in [2.05, 4.69) is 5.32 Å². The van der Waals surface area contributed by atoms with Crippen LogP contribution in [0.1, 0.15) is 0 Å².